The van der Waals surface area contributed by atoms with E-state index in [0.29, 0.717) is 18.4 Å². The lowest BCUT2D eigenvalue weighted by atomic mass is 9.87. The van der Waals surface area contributed by atoms with Crippen molar-refractivity contribution in [3.8, 4) is 0 Å². The minimum Gasteiger partial charge on any atom is -0.373 e. The number of halogens is 6. The Labute approximate surface area is 99.5 Å². The van der Waals surface area contributed by atoms with Crippen molar-refractivity contribution in [2.75, 3.05) is 0 Å². The summed E-state index contributed by atoms with van der Waals surface area (Å²) in [6.07, 6.45) is -10.6. The van der Waals surface area contributed by atoms with Gasteiger partial charge in [-0.3, -0.25) is 0 Å². The molecule has 2 aliphatic rings. The fourth-order valence-corrected chi connectivity index (χ4v) is 2.79. The fourth-order valence-electron chi connectivity index (χ4n) is 2.79. The van der Waals surface area contributed by atoms with E-state index in [0.717, 1.165) is 6.42 Å². The quantitative estimate of drug-likeness (QED) is 0.601. The zero-order valence-electron chi connectivity index (χ0n) is 9.33. The first-order valence-corrected chi connectivity index (χ1v) is 5.60. The van der Waals surface area contributed by atoms with E-state index in [9.17, 15) is 26.3 Å². The van der Waals surface area contributed by atoms with Crippen molar-refractivity contribution in [3.63, 3.8) is 0 Å². The second-order valence-corrected chi connectivity index (χ2v) is 5.05. The Kier molecular flexibility index (Phi) is 2.96. The monoisotopic (exact) mass is 274 g/mol. The normalized spacial score (nSPS) is 25.2. The van der Waals surface area contributed by atoms with Gasteiger partial charge in [0.15, 0.2) is 0 Å². The number of hydrogen-bond donors (Lipinski definition) is 1. The minimum absolute atomic E-state index is 0.142. The van der Waals surface area contributed by atoms with Gasteiger partial charge in [-0.15, -0.1) is 0 Å². The molecule has 7 heteroatoms. The van der Waals surface area contributed by atoms with Crippen molar-refractivity contribution in [1.82, 2.24) is 0 Å². The van der Waals surface area contributed by atoms with Gasteiger partial charge in [-0.05, 0) is 31.6 Å². The molecule has 104 valence electrons. The summed E-state index contributed by atoms with van der Waals surface area (Å²) >= 11 is 0. The molecule has 0 amide bonds. The van der Waals surface area contributed by atoms with Crippen LogP contribution in [0.3, 0.4) is 0 Å². The van der Waals surface area contributed by atoms with Gasteiger partial charge in [-0.2, -0.15) is 26.3 Å². The highest BCUT2D eigenvalue weighted by molar-refractivity contribution is 5.28. The van der Waals surface area contributed by atoms with Crippen molar-refractivity contribution in [2.45, 2.75) is 50.1 Å². The first kappa shape index (κ1) is 13.7. The predicted octanol–water partition coefficient (Wildman–Crippen LogP) is 3.73. The highest BCUT2D eigenvalue weighted by atomic mass is 19.4. The van der Waals surface area contributed by atoms with E-state index in [-0.39, 0.29) is 17.9 Å². The lowest BCUT2D eigenvalue weighted by molar-refractivity contribution is -0.367. The first-order chi connectivity index (χ1) is 8.04. The summed E-state index contributed by atoms with van der Waals surface area (Å²) in [7, 11) is 0. The zero-order chi connectivity index (χ0) is 13.8. The summed E-state index contributed by atoms with van der Waals surface area (Å²) in [5.74, 6) is 0.167. The Balaban J connectivity index is 2.28. The summed E-state index contributed by atoms with van der Waals surface area (Å²) in [4.78, 5) is 0. The molecule has 0 spiro atoms. The van der Waals surface area contributed by atoms with Crippen LogP contribution in [0.4, 0.5) is 26.3 Å². The molecule has 1 atom stereocenters. The van der Waals surface area contributed by atoms with Crippen molar-refractivity contribution >= 4 is 0 Å². The molecule has 0 aromatic rings. The lowest BCUT2D eigenvalue weighted by Gasteiger charge is -2.33. The Morgan fingerprint density at radius 2 is 1.56 bits per heavy atom. The van der Waals surface area contributed by atoms with E-state index in [4.69, 9.17) is 5.11 Å². The molecule has 0 aromatic carbocycles. The summed E-state index contributed by atoms with van der Waals surface area (Å²) in [6, 6.07) is 0. The maximum Gasteiger partial charge on any atom is 0.426 e. The molecule has 1 fully saturated rings. The van der Waals surface area contributed by atoms with E-state index >= 15 is 0 Å². The summed E-state index contributed by atoms with van der Waals surface area (Å²) in [5, 5.41) is 9.09. The van der Waals surface area contributed by atoms with E-state index < -0.39 is 24.4 Å². The third-order valence-corrected chi connectivity index (χ3v) is 3.83. The van der Waals surface area contributed by atoms with Crippen LogP contribution in [0.1, 0.15) is 32.1 Å². The molecule has 1 N–H and O–H groups in total. The molecule has 18 heavy (non-hydrogen) atoms. The standard InChI is InChI=1S/C11H12F6O/c12-10(13,14)9(18,11(15,16)17)5-8-4-6-1-2-7(8)3-6/h6,18H,1-5H2. The summed E-state index contributed by atoms with van der Waals surface area (Å²) in [5.41, 5.74) is -3.80. The van der Waals surface area contributed by atoms with Crippen LogP contribution in [-0.4, -0.2) is 23.1 Å². The molecule has 2 aliphatic carbocycles. The number of alkyl halides is 6. The van der Waals surface area contributed by atoms with Gasteiger partial charge in [-0.1, -0.05) is 11.1 Å². The van der Waals surface area contributed by atoms with Crippen LogP contribution in [0, 0.1) is 5.92 Å². The number of hydrogen-bond acceptors (Lipinski definition) is 1. The van der Waals surface area contributed by atoms with Crippen molar-refractivity contribution in [3.05, 3.63) is 11.1 Å². The predicted molar refractivity (Wildman–Crippen MR) is 50.7 cm³/mol. The van der Waals surface area contributed by atoms with Crippen molar-refractivity contribution in [1.29, 1.82) is 0 Å². The molecule has 0 saturated heterocycles. The molecule has 1 saturated carbocycles. The largest absolute Gasteiger partial charge is 0.426 e. The molecule has 2 rings (SSSR count). The smallest absolute Gasteiger partial charge is 0.373 e. The molecule has 0 aromatic heterocycles. The van der Waals surface area contributed by atoms with Gasteiger partial charge in [0.25, 0.3) is 5.60 Å². The molecular weight excluding hydrogens is 262 g/mol. The fraction of sp³-hybridized carbons (Fsp3) is 0.818. The average molecular weight is 274 g/mol. The number of fused-ring (bicyclic) bond motifs is 2. The first-order valence-electron chi connectivity index (χ1n) is 5.60. The highest BCUT2D eigenvalue weighted by Crippen LogP contribution is 2.52. The third kappa shape index (κ3) is 2.02. The molecule has 1 unspecified atom stereocenters. The second-order valence-electron chi connectivity index (χ2n) is 5.05. The van der Waals surface area contributed by atoms with Crippen LogP contribution in [0.5, 0.6) is 0 Å². The second kappa shape index (κ2) is 3.88. The van der Waals surface area contributed by atoms with Crippen LogP contribution in [0.15, 0.2) is 11.1 Å². The van der Waals surface area contributed by atoms with Crippen LogP contribution >= 0.6 is 0 Å². The number of allylic oxidation sites excluding steroid dienone is 1. The van der Waals surface area contributed by atoms with Crippen LogP contribution in [-0.2, 0) is 0 Å². The topological polar surface area (TPSA) is 20.2 Å². The van der Waals surface area contributed by atoms with E-state index in [1.165, 1.54) is 0 Å². The molecule has 0 aliphatic heterocycles. The van der Waals surface area contributed by atoms with E-state index in [1.54, 1.807) is 0 Å². The maximum absolute atomic E-state index is 12.5. The van der Waals surface area contributed by atoms with Crippen LogP contribution in [0.25, 0.3) is 0 Å². The van der Waals surface area contributed by atoms with E-state index in [2.05, 4.69) is 0 Å². The SMILES string of the molecule is OC(CC1=C2CCC(C2)C1)(C(F)(F)F)C(F)(F)F. The molecule has 0 heterocycles. The third-order valence-electron chi connectivity index (χ3n) is 3.83. The van der Waals surface area contributed by atoms with Gasteiger partial charge in [0.1, 0.15) is 0 Å². The van der Waals surface area contributed by atoms with Gasteiger partial charge in [0, 0.05) is 6.42 Å². The Bertz CT molecular complexity index is 364. The van der Waals surface area contributed by atoms with Gasteiger partial charge in [-0.25, -0.2) is 0 Å². The Hall–Kier alpha value is -0.720. The summed E-state index contributed by atoms with van der Waals surface area (Å²) in [6.45, 7) is 0. The molecular formula is C11H12F6O. The van der Waals surface area contributed by atoms with Crippen molar-refractivity contribution in [2.24, 2.45) is 5.92 Å². The van der Waals surface area contributed by atoms with Gasteiger partial charge in [0.05, 0.1) is 0 Å². The van der Waals surface area contributed by atoms with Crippen LogP contribution < -0.4 is 0 Å². The summed E-state index contributed by atoms with van der Waals surface area (Å²) < 4.78 is 75.0. The number of rotatable bonds is 2. The van der Waals surface area contributed by atoms with Gasteiger partial charge < -0.3 is 5.11 Å². The highest BCUT2D eigenvalue weighted by Gasteiger charge is 2.70. The lowest BCUT2D eigenvalue weighted by Crippen LogP contribution is -2.57. The number of aliphatic hydroxyl groups is 1. The Morgan fingerprint density at radius 3 is 1.89 bits per heavy atom. The molecule has 0 radical (unpaired) electrons. The Morgan fingerprint density at radius 1 is 1.00 bits per heavy atom. The molecule has 1 nitrogen and oxygen atoms in total. The average Bonchev–Trinajstić information content (AvgIpc) is 2.75. The molecule has 2 bridgehead atoms. The van der Waals surface area contributed by atoms with Gasteiger partial charge >= 0.3 is 12.4 Å². The van der Waals surface area contributed by atoms with Crippen molar-refractivity contribution < 1.29 is 31.4 Å². The minimum atomic E-state index is -5.71. The zero-order valence-corrected chi connectivity index (χ0v) is 9.33. The van der Waals surface area contributed by atoms with Gasteiger partial charge in [0.2, 0.25) is 0 Å². The van der Waals surface area contributed by atoms with Crippen LogP contribution in [0.2, 0.25) is 0 Å². The maximum atomic E-state index is 12.5. The van der Waals surface area contributed by atoms with E-state index in [1.807, 2.05) is 0 Å².